The number of aryl methyl sites for hydroxylation is 2. The molecule has 0 aromatic carbocycles. The van der Waals surface area contributed by atoms with Crippen molar-refractivity contribution < 1.29 is 0 Å². The van der Waals surface area contributed by atoms with Crippen molar-refractivity contribution in [3.8, 4) is 0 Å². The summed E-state index contributed by atoms with van der Waals surface area (Å²) in [5.41, 5.74) is 3.98. The van der Waals surface area contributed by atoms with Crippen LogP contribution in [-0.4, -0.2) is 19.6 Å². The van der Waals surface area contributed by atoms with Crippen LogP contribution in [0.15, 0.2) is 36.7 Å². The quantitative estimate of drug-likeness (QED) is 0.778. The molecule has 0 bridgehead atoms. The van der Waals surface area contributed by atoms with Crippen molar-refractivity contribution in [1.82, 2.24) is 19.6 Å². The van der Waals surface area contributed by atoms with Crippen LogP contribution in [0.4, 0.5) is 5.82 Å². The molecule has 0 aliphatic rings. The van der Waals surface area contributed by atoms with E-state index in [1.54, 1.807) is 6.20 Å². The Labute approximate surface area is 111 Å². The SMILES string of the molecule is Cc1cccc(CNc2nccn3nc(C)cc23)n1. The predicted molar refractivity (Wildman–Crippen MR) is 74.0 cm³/mol. The minimum atomic E-state index is 0.651. The Balaban J connectivity index is 1.85. The van der Waals surface area contributed by atoms with Crippen molar-refractivity contribution in [2.45, 2.75) is 20.4 Å². The number of rotatable bonds is 3. The van der Waals surface area contributed by atoms with Gasteiger partial charge in [0.15, 0.2) is 5.82 Å². The zero-order chi connectivity index (χ0) is 13.2. The lowest BCUT2D eigenvalue weighted by atomic mass is 10.3. The molecular formula is C14H15N5. The molecule has 5 heteroatoms. The Morgan fingerprint density at radius 1 is 1.21 bits per heavy atom. The summed E-state index contributed by atoms with van der Waals surface area (Å²) >= 11 is 0. The minimum absolute atomic E-state index is 0.651. The molecule has 3 aromatic heterocycles. The van der Waals surface area contributed by atoms with Crippen LogP contribution in [0.25, 0.3) is 5.52 Å². The number of nitrogens with one attached hydrogen (secondary N) is 1. The van der Waals surface area contributed by atoms with E-state index >= 15 is 0 Å². The average Bonchev–Trinajstić information content (AvgIpc) is 2.77. The van der Waals surface area contributed by atoms with E-state index in [2.05, 4.69) is 20.4 Å². The third-order valence-electron chi connectivity index (χ3n) is 2.89. The molecular weight excluding hydrogens is 238 g/mol. The van der Waals surface area contributed by atoms with Crippen molar-refractivity contribution in [1.29, 1.82) is 0 Å². The van der Waals surface area contributed by atoms with E-state index in [9.17, 15) is 0 Å². The Morgan fingerprint density at radius 2 is 2.11 bits per heavy atom. The molecule has 3 rings (SSSR count). The largest absolute Gasteiger partial charge is 0.363 e. The van der Waals surface area contributed by atoms with Crippen LogP contribution in [0.5, 0.6) is 0 Å². The number of nitrogens with zero attached hydrogens (tertiary/aromatic N) is 4. The van der Waals surface area contributed by atoms with Gasteiger partial charge >= 0.3 is 0 Å². The topological polar surface area (TPSA) is 55.1 Å². The first-order valence-corrected chi connectivity index (χ1v) is 6.20. The summed E-state index contributed by atoms with van der Waals surface area (Å²) in [5.74, 6) is 0.825. The van der Waals surface area contributed by atoms with Gasteiger partial charge in [0.25, 0.3) is 0 Å². The van der Waals surface area contributed by atoms with Gasteiger partial charge < -0.3 is 5.32 Å². The van der Waals surface area contributed by atoms with Gasteiger partial charge in [0, 0.05) is 18.1 Å². The molecule has 0 saturated heterocycles. The number of hydrogen-bond donors (Lipinski definition) is 1. The van der Waals surface area contributed by atoms with Crippen LogP contribution >= 0.6 is 0 Å². The fraction of sp³-hybridized carbons (Fsp3) is 0.214. The molecule has 0 radical (unpaired) electrons. The van der Waals surface area contributed by atoms with Gasteiger partial charge in [-0.3, -0.25) is 4.98 Å². The van der Waals surface area contributed by atoms with Crippen molar-refractivity contribution in [3.63, 3.8) is 0 Å². The van der Waals surface area contributed by atoms with Gasteiger partial charge in [0.1, 0.15) is 5.52 Å². The summed E-state index contributed by atoms with van der Waals surface area (Å²) in [5, 5.41) is 7.67. The van der Waals surface area contributed by atoms with Crippen molar-refractivity contribution in [2.75, 3.05) is 5.32 Å². The second-order valence-electron chi connectivity index (χ2n) is 4.52. The third kappa shape index (κ3) is 2.40. The molecule has 0 saturated carbocycles. The Kier molecular flexibility index (Phi) is 2.87. The predicted octanol–water partition coefficient (Wildman–Crippen LogP) is 2.35. The molecule has 3 heterocycles. The molecule has 1 N–H and O–H groups in total. The van der Waals surface area contributed by atoms with Crippen molar-refractivity contribution in [2.24, 2.45) is 0 Å². The number of fused-ring (bicyclic) bond motifs is 1. The van der Waals surface area contributed by atoms with Crippen LogP contribution in [-0.2, 0) is 6.54 Å². The van der Waals surface area contributed by atoms with Crippen LogP contribution in [0.1, 0.15) is 17.1 Å². The first kappa shape index (κ1) is 11.6. The maximum atomic E-state index is 4.46. The third-order valence-corrected chi connectivity index (χ3v) is 2.89. The highest BCUT2D eigenvalue weighted by atomic mass is 15.2. The van der Waals surface area contributed by atoms with Crippen LogP contribution in [0.3, 0.4) is 0 Å². The van der Waals surface area contributed by atoms with Gasteiger partial charge in [-0.25, -0.2) is 9.50 Å². The lowest BCUT2D eigenvalue weighted by Gasteiger charge is -2.06. The van der Waals surface area contributed by atoms with E-state index in [-0.39, 0.29) is 0 Å². The van der Waals surface area contributed by atoms with Gasteiger partial charge in [-0.1, -0.05) is 6.07 Å². The smallest absolute Gasteiger partial charge is 0.152 e. The summed E-state index contributed by atoms with van der Waals surface area (Å²) < 4.78 is 1.83. The van der Waals surface area contributed by atoms with Gasteiger partial charge in [-0.05, 0) is 32.0 Å². The molecule has 19 heavy (non-hydrogen) atoms. The average molecular weight is 253 g/mol. The lowest BCUT2D eigenvalue weighted by Crippen LogP contribution is -2.05. The first-order chi connectivity index (χ1) is 9.22. The highest BCUT2D eigenvalue weighted by Gasteiger charge is 2.05. The van der Waals surface area contributed by atoms with Crippen molar-refractivity contribution >= 4 is 11.3 Å². The van der Waals surface area contributed by atoms with Crippen LogP contribution in [0, 0.1) is 13.8 Å². The molecule has 0 unspecified atom stereocenters. The van der Waals surface area contributed by atoms with Gasteiger partial charge in [-0.2, -0.15) is 5.10 Å². The molecule has 0 fully saturated rings. The second kappa shape index (κ2) is 4.68. The summed E-state index contributed by atoms with van der Waals surface area (Å²) in [6.45, 7) is 4.61. The lowest BCUT2D eigenvalue weighted by molar-refractivity contribution is 0.917. The fourth-order valence-corrected chi connectivity index (χ4v) is 2.05. The number of pyridine rings is 1. The number of hydrogen-bond acceptors (Lipinski definition) is 4. The summed E-state index contributed by atoms with van der Waals surface area (Å²) in [4.78, 5) is 8.82. The monoisotopic (exact) mass is 253 g/mol. The number of anilines is 1. The summed E-state index contributed by atoms with van der Waals surface area (Å²) in [7, 11) is 0. The van der Waals surface area contributed by atoms with Gasteiger partial charge in [0.2, 0.25) is 0 Å². The van der Waals surface area contributed by atoms with Crippen LogP contribution < -0.4 is 5.32 Å². The normalized spacial score (nSPS) is 10.8. The molecule has 5 nitrogen and oxygen atoms in total. The van der Waals surface area contributed by atoms with Gasteiger partial charge in [-0.15, -0.1) is 0 Å². The Hall–Kier alpha value is -2.43. The van der Waals surface area contributed by atoms with E-state index in [4.69, 9.17) is 0 Å². The maximum absolute atomic E-state index is 4.46. The number of aromatic nitrogens is 4. The zero-order valence-corrected chi connectivity index (χ0v) is 11.0. The van der Waals surface area contributed by atoms with E-state index in [1.807, 2.05) is 48.8 Å². The Morgan fingerprint density at radius 3 is 2.95 bits per heavy atom. The fourth-order valence-electron chi connectivity index (χ4n) is 2.05. The van der Waals surface area contributed by atoms with Crippen molar-refractivity contribution in [3.05, 3.63) is 53.7 Å². The van der Waals surface area contributed by atoms with E-state index in [0.717, 1.165) is 28.4 Å². The second-order valence-corrected chi connectivity index (χ2v) is 4.52. The van der Waals surface area contributed by atoms with E-state index < -0.39 is 0 Å². The molecule has 3 aromatic rings. The van der Waals surface area contributed by atoms with E-state index in [0.29, 0.717) is 6.54 Å². The summed E-state index contributed by atoms with van der Waals surface area (Å²) in [6.07, 6.45) is 3.59. The molecule has 0 aliphatic heterocycles. The van der Waals surface area contributed by atoms with Gasteiger partial charge in [0.05, 0.1) is 17.9 Å². The maximum Gasteiger partial charge on any atom is 0.152 e. The standard InChI is InChI=1S/C14H15N5/c1-10-4-3-5-12(17-10)9-16-14-13-8-11(2)18-19(13)7-6-15-14/h3-8H,9H2,1-2H3,(H,15,16). The molecule has 96 valence electrons. The van der Waals surface area contributed by atoms with E-state index in [1.165, 1.54) is 0 Å². The molecule has 0 amide bonds. The summed E-state index contributed by atoms with van der Waals surface area (Å²) in [6, 6.07) is 8.01. The highest BCUT2D eigenvalue weighted by molar-refractivity contribution is 5.67. The molecule has 0 aliphatic carbocycles. The Bertz CT molecular complexity index is 717. The van der Waals surface area contributed by atoms with Crippen LogP contribution in [0.2, 0.25) is 0 Å². The minimum Gasteiger partial charge on any atom is -0.363 e. The highest BCUT2D eigenvalue weighted by Crippen LogP contribution is 2.15. The molecule has 0 atom stereocenters. The molecule has 0 spiro atoms. The first-order valence-electron chi connectivity index (χ1n) is 6.20. The zero-order valence-electron chi connectivity index (χ0n) is 11.0.